The minimum absolute atomic E-state index is 0.0991. The van der Waals surface area contributed by atoms with Crippen LogP contribution >= 0.6 is 23.8 Å². The maximum absolute atomic E-state index is 13.0. The highest BCUT2D eigenvalue weighted by atomic mass is 35.5. The van der Waals surface area contributed by atoms with E-state index in [4.69, 9.17) is 23.8 Å². The van der Waals surface area contributed by atoms with Crippen LogP contribution in [-0.4, -0.2) is 33.9 Å². The topological polar surface area (TPSA) is 87.5 Å². The first-order chi connectivity index (χ1) is 11.8. The maximum atomic E-state index is 13.0. The molecular weight excluding hydrogens is 364 g/mol. The zero-order chi connectivity index (χ0) is 18.7. The molecule has 1 aromatic rings. The van der Waals surface area contributed by atoms with E-state index in [2.05, 4.69) is 10.6 Å². The zero-order valence-corrected chi connectivity index (χ0v) is 15.7. The van der Waals surface area contributed by atoms with E-state index in [1.54, 1.807) is 11.8 Å². The van der Waals surface area contributed by atoms with E-state index >= 15 is 0 Å². The fraction of sp³-hybridized carbons (Fsp3) is 0.375. The average molecular weight is 383 g/mol. The molecule has 134 valence electrons. The second kappa shape index (κ2) is 7.79. The summed E-state index contributed by atoms with van der Waals surface area (Å²) >= 11 is 11.5. The lowest BCUT2D eigenvalue weighted by molar-refractivity contribution is -0.384. The van der Waals surface area contributed by atoms with Crippen LogP contribution < -0.4 is 10.6 Å². The molecule has 0 saturated carbocycles. The first-order valence-electron chi connectivity index (χ1n) is 7.81. The van der Waals surface area contributed by atoms with Gasteiger partial charge < -0.3 is 15.5 Å². The van der Waals surface area contributed by atoms with Crippen LogP contribution in [0.2, 0.25) is 5.02 Å². The van der Waals surface area contributed by atoms with Gasteiger partial charge in [0.25, 0.3) is 11.6 Å². The van der Waals surface area contributed by atoms with Crippen LogP contribution in [0, 0.1) is 10.1 Å². The van der Waals surface area contributed by atoms with Crippen molar-refractivity contribution in [3.8, 4) is 0 Å². The lowest BCUT2D eigenvalue weighted by Crippen LogP contribution is -2.47. The van der Waals surface area contributed by atoms with Crippen LogP contribution in [0.15, 0.2) is 29.5 Å². The molecule has 25 heavy (non-hydrogen) atoms. The molecule has 7 nitrogen and oxygen atoms in total. The number of hydrogen-bond donors (Lipinski definition) is 2. The van der Waals surface area contributed by atoms with Gasteiger partial charge in [-0.2, -0.15) is 0 Å². The highest BCUT2D eigenvalue weighted by molar-refractivity contribution is 7.80. The second-order valence-electron chi connectivity index (χ2n) is 5.51. The standard InChI is InChI=1S/C16H19ClN4O3S/c1-4-20(5-2)15(22)13-9(3)18-16(25)19-14(13)11-8-10(21(23)24)6-7-12(11)17/h6-8,14H,4-5H2,1-3H3,(H2,18,19,25)/t14-/m0/s1. The molecule has 2 N–H and O–H groups in total. The number of hydrogen-bond acceptors (Lipinski definition) is 4. The van der Waals surface area contributed by atoms with Gasteiger partial charge in [0.05, 0.1) is 16.5 Å². The summed E-state index contributed by atoms with van der Waals surface area (Å²) in [5.41, 5.74) is 1.39. The predicted molar refractivity (Wildman–Crippen MR) is 100 cm³/mol. The molecule has 1 aliphatic rings. The third kappa shape index (κ3) is 3.91. The van der Waals surface area contributed by atoms with Crippen LogP contribution in [0.25, 0.3) is 0 Å². The first kappa shape index (κ1) is 19.1. The number of carbonyl (C=O) groups excluding carboxylic acids is 1. The van der Waals surface area contributed by atoms with Gasteiger partial charge in [0, 0.05) is 41.5 Å². The van der Waals surface area contributed by atoms with E-state index in [1.807, 2.05) is 13.8 Å². The molecule has 0 aliphatic carbocycles. The van der Waals surface area contributed by atoms with Crippen LogP contribution in [0.3, 0.4) is 0 Å². The van der Waals surface area contributed by atoms with Crippen molar-refractivity contribution in [3.63, 3.8) is 0 Å². The molecule has 2 rings (SSSR count). The Morgan fingerprint density at radius 2 is 2.04 bits per heavy atom. The van der Waals surface area contributed by atoms with E-state index in [9.17, 15) is 14.9 Å². The Bertz CT molecular complexity index is 762. The summed E-state index contributed by atoms with van der Waals surface area (Å²) < 4.78 is 0. The van der Waals surface area contributed by atoms with Crippen molar-refractivity contribution in [2.45, 2.75) is 26.8 Å². The SMILES string of the molecule is CCN(CC)C(=O)C1=C(C)NC(=S)N[C@H]1c1cc([N+](=O)[O-])ccc1Cl. The molecule has 0 fully saturated rings. The normalized spacial score (nSPS) is 17.0. The van der Waals surface area contributed by atoms with Crippen LogP contribution in [0.5, 0.6) is 0 Å². The Morgan fingerprint density at radius 3 is 2.60 bits per heavy atom. The number of benzene rings is 1. The third-order valence-corrected chi connectivity index (χ3v) is 4.62. The van der Waals surface area contributed by atoms with Gasteiger partial charge in [-0.1, -0.05) is 11.6 Å². The van der Waals surface area contributed by atoms with Crippen molar-refractivity contribution in [1.29, 1.82) is 0 Å². The van der Waals surface area contributed by atoms with Gasteiger partial charge in [-0.05, 0) is 39.1 Å². The summed E-state index contributed by atoms with van der Waals surface area (Å²) in [5, 5.41) is 17.7. The summed E-state index contributed by atoms with van der Waals surface area (Å²) in [6.45, 7) is 6.63. The highest BCUT2D eigenvalue weighted by Crippen LogP contribution is 2.34. The summed E-state index contributed by atoms with van der Waals surface area (Å²) in [6.07, 6.45) is 0. The smallest absolute Gasteiger partial charge is 0.269 e. The van der Waals surface area contributed by atoms with Crippen molar-refractivity contribution in [1.82, 2.24) is 15.5 Å². The molecule has 0 radical (unpaired) electrons. The largest absolute Gasteiger partial charge is 0.351 e. The van der Waals surface area contributed by atoms with Crippen molar-refractivity contribution < 1.29 is 9.72 Å². The molecule has 1 aromatic carbocycles. The number of carbonyl (C=O) groups is 1. The van der Waals surface area contributed by atoms with Gasteiger partial charge in [-0.3, -0.25) is 14.9 Å². The summed E-state index contributed by atoms with van der Waals surface area (Å²) in [4.78, 5) is 25.2. The molecular formula is C16H19ClN4O3S. The summed E-state index contributed by atoms with van der Waals surface area (Å²) in [6, 6.07) is 3.50. The monoisotopic (exact) mass is 382 g/mol. The lowest BCUT2D eigenvalue weighted by Gasteiger charge is -2.33. The summed E-state index contributed by atoms with van der Waals surface area (Å²) in [7, 11) is 0. The number of nitrogens with zero attached hydrogens (tertiary/aromatic N) is 2. The van der Waals surface area contributed by atoms with Gasteiger partial charge in [0.15, 0.2) is 5.11 Å². The Hall–Kier alpha value is -2.19. The zero-order valence-electron chi connectivity index (χ0n) is 14.1. The van der Waals surface area contributed by atoms with E-state index in [0.29, 0.717) is 40.1 Å². The van der Waals surface area contributed by atoms with Crippen molar-refractivity contribution in [2.24, 2.45) is 0 Å². The van der Waals surface area contributed by atoms with Gasteiger partial charge in [0.2, 0.25) is 0 Å². The van der Waals surface area contributed by atoms with Gasteiger partial charge >= 0.3 is 0 Å². The van der Waals surface area contributed by atoms with Crippen LogP contribution in [-0.2, 0) is 4.79 Å². The third-order valence-electron chi connectivity index (χ3n) is 4.05. The van der Waals surface area contributed by atoms with Gasteiger partial charge in [-0.15, -0.1) is 0 Å². The molecule has 1 heterocycles. The van der Waals surface area contributed by atoms with Crippen molar-refractivity contribution >= 4 is 40.5 Å². The fourth-order valence-electron chi connectivity index (χ4n) is 2.76. The number of nitro groups is 1. The molecule has 0 spiro atoms. The molecule has 0 saturated heterocycles. The second-order valence-corrected chi connectivity index (χ2v) is 6.33. The number of nitrogens with one attached hydrogen (secondary N) is 2. The van der Waals surface area contributed by atoms with Crippen molar-refractivity contribution in [3.05, 3.63) is 50.2 Å². The minimum atomic E-state index is -0.658. The molecule has 1 atom stereocenters. The minimum Gasteiger partial charge on any atom is -0.351 e. The number of non-ortho nitro benzene ring substituents is 1. The molecule has 0 unspecified atom stereocenters. The number of allylic oxidation sites excluding steroid dienone is 1. The Labute approximate surface area is 156 Å². The number of nitro benzene ring substituents is 1. The van der Waals surface area contributed by atoms with E-state index in [-0.39, 0.29) is 11.6 Å². The molecule has 0 bridgehead atoms. The number of thiocarbonyl (C=S) groups is 1. The number of rotatable bonds is 5. The Kier molecular flexibility index (Phi) is 5.97. The average Bonchev–Trinajstić information content (AvgIpc) is 2.55. The van der Waals surface area contributed by atoms with Crippen LogP contribution in [0.1, 0.15) is 32.4 Å². The van der Waals surface area contributed by atoms with Crippen molar-refractivity contribution in [2.75, 3.05) is 13.1 Å². The first-order valence-corrected chi connectivity index (χ1v) is 8.60. The molecule has 9 heteroatoms. The number of amides is 1. The Balaban J connectivity index is 2.59. The molecule has 1 amide bonds. The quantitative estimate of drug-likeness (QED) is 0.462. The summed E-state index contributed by atoms with van der Waals surface area (Å²) in [5.74, 6) is -0.169. The Morgan fingerprint density at radius 1 is 1.40 bits per heavy atom. The van der Waals surface area contributed by atoms with E-state index in [0.717, 1.165) is 0 Å². The van der Waals surface area contributed by atoms with Crippen LogP contribution in [0.4, 0.5) is 5.69 Å². The molecule has 1 aliphatic heterocycles. The molecule has 0 aromatic heterocycles. The lowest BCUT2D eigenvalue weighted by atomic mass is 9.94. The number of halogens is 1. The number of likely N-dealkylation sites (N-methyl/N-ethyl adjacent to an activating group) is 1. The fourth-order valence-corrected chi connectivity index (χ4v) is 3.26. The predicted octanol–water partition coefficient (Wildman–Crippen LogP) is 2.91. The van der Waals surface area contributed by atoms with Gasteiger partial charge in [-0.25, -0.2) is 0 Å². The van der Waals surface area contributed by atoms with Gasteiger partial charge in [0.1, 0.15) is 0 Å². The highest BCUT2D eigenvalue weighted by Gasteiger charge is 2.33. The van der Waals surface area contributed by atoms with E-state index < -0.39 is 11.0 Å². The van der Waals surface area contributed by atoms with E-state index in [1.165, 1.54) is 18.2 Å². The maximum Gasteiger partial charge on any atom is 0.269 e.